The van der Waals surface area contributed by atoms with E-state index in [1.54, 1.807) is 23.9 Å². The highest BCUT2D eigenvalue weighted by Gasteiger charge is 2.12. The number of aromatic carboxylic acids is 1. The number of thioether (sulfide) groups is 1. The fourth-order valence-corrected chi connectivity index (χ4v) is 2.18. The maximum absolute atomic E-state index is 11.6. The molecule has 5 nitrogen and oxygen atoms in total. The number of hydrogen-bond acceptors (Lipinski definition) is 3. The van der Waals surface area contributed by atoms with Crippen LogP contribution in [0.3, 0.4) is 0 Å². The molecule has 2 amide bonds. The smallest absolute Gasteiger partial charge is 0.337 e. The summed E-state index contributed by atoms with van der Waals surface area (Å²) in [5.41, 5.74) is 0.326. The number of urea groups is 1. The number of carbonyl (C=O) groups excluding carboxylic acids is 1. The second-order valence-electron chi connectivity index (χ2n) is 3.72. The highest BCUT2D eigenvalue weighted by Crippen LogP contribution is 2.21. The molecule has 0 unspecified atom stereocenters. The van der Waals surface area contributed by atoms with Crippen molar-refractivity contribution in [2.45, 2.75) is 6.42 Å². The summed E-state index contributed by atoms with van der Waals surface area (Å²) in [6.45, 7) is 0.561. The van der Waals surface area contributed by atoms with E-state index in [1.165, 1.54) is 6.07 Å². The van der Waals surface area contributed by atoms with E-state index < -0.39 is 12.0 Å². The molecule has 104 valence electrons. The Balaban J connectivity index is 2.61. The first kappa shape index (κ1) is 15.8. The van der Waals surface area contributed by atoms with Crippen LogP contribution in [0.25, 0.3) is 0 Å². The zero-order valence-electron chi connectivity index (χ0n) is 10.4. The molecule has 19 heavy (non-hydrogen) atoms. The molecule has 7 heteroatoms. The van der Waals surface area contributed by atoms with Crippen molar-refractivity contribution in [1.29, 1.82) is 0 Å². The Morgan fingerprint density at radius 3 is 2.79 bits per heavy atom. The number of carboxylic acid groups (broad SMARTS) is 1. The largest absolute Gasteiger partial charge is 0.478 e. The first-order valence-corrected chi connectivity index (χ1v) is 7.80. The first-order chi connectivity index (χ1) is 9.04. The molecule has 0 spiro atoms. The fourth-order valence-electron chi connectivity index (χ4n) is 1.39. The van der Waals surface area contributed by atoms with Gasteiger partial charge >= 0.3 is 12.0 Å². The summed E-state index contributed by atoms with van der Waals surface area (Å²) in [5, 5.41) is 14.3. The molecule has 0 fully saturated rings. The normalized spacial score (nSPS) is 10.0. The van der Waals surface area contributed by atoms with Crippen molar-refractivity contribution in [3.8, 4) is 0 Å². The quantitative estimate of drug-likeness (QED) is 0.691. The Morgan fingerprint density at radius 1 is 1.42 bits per heavy atom. The summed E-state index contributed by atoms with van der Waals surface area (Å²) in [7, 11) is 0. The summed E-state index contributed by atoms with van der Waals surface area (Å²) in [4.78, 5) is 22.7. The number of anilines is 1. The molecule has 1 aromatic rings. The van der Waals surface area contributed by atoms with Gasteiger partial charge in [-0.25, -0.2) is 9.59 Å². The Bertz CT molecular complexity index is 468. The lowest BCUT2D eigenvalue weighted by Gasteiger charge is -2.10. The third-order valence-electron chi connectivity index (χ3n) is 2.27. The van der Waals surface area contributed by atoms with Gasteiger partial charge in [-0.1, -0.05) is 15.9 Å². The van der Waals surface area contributed by atoms with Gasteiger partial charge in [0.05, 0.1) is 11.3 Å². The minimum absolute atomic E-state index is 0.0497. The van der Waals surface area contributed by atoms with Crippen LogP contribution in [0.1, 0.15) is 16.8 Å². The Labute approximate surface area is 124 Å². The highest BCUT2D eigenvalue weighted by molar-refractivity contribution is 9.10. The van der Waals surface area contributed by atoms with E-state index >= 15 is 0 Å². The summed E-state index contributed by atoms with van der Waals surface area (Å²) in [6.07, 6.45) is 2.88. The molecule has 0 radical (unpaired) electrons. The molecule has 0 heterocycles. The maximum atomic E-state index is 11.6. The second-order valence-corrected chi connectivity index (χ2v) is 5.62. The average molecular weight is 347 g/mol. The molecule has 0 aliphatic heterocycles. The lowest BCUT2D eigenvalue weighted by atomic mass is 10.2. The molecule has 1 aromatic carbocycles. The fraction of sp³-hybridized carbons (Fsp3) is 0.333. The van der Waals surface area contributed by atoms with Gasteiger partial charge in [0.1, 0.15) is 0 Å². The second kappa shape index (κ2) is 8.06. The predicted molar refractivity (Wildman–Crippen MR) is 81.1 cm³/mol. The van der Waals surface area contributed by atoms with Gasteiger partial charge in [-0.05, 0) is 36.6 Å². The van der Waals surface area contributed by atoms with Gasteiger partial charge in [0, 0.05) is 11.0 Å². The van der Waals surface area contributed by atoms with Crippen molar-refractivity contribution in [2.24, 2.45) is 0 Å². The van der Waals surface area contributed by atoms with Crippen molar-refractivity contribution in [3.63, 3.8) is 0 Å². The molecule has 3 N–H and O–H groups in total. The number of rotatable bonds is 6. The van der Waals surface area contributed by atoms with Crippen LogP contribution in [0.2, 0.25) is 0 Å². The van der Waals surface area contributed by atoms with Crippen LogP contribution in [-0.2, 0) is 0 Å². The molecule has 0 aliphatic rings. The molecule has 0 bridgehead atoms. The number of carboxylic acids is 1. The number of halogens is 1. The number of carbonyl (C=O) groups is 2. The number of amides is 2. The summed E-state index contributed by atoms with van der Waals surface area (Å²) < 4.78 is 0.649. The monoisotopic (exact) mass is 346 g/mol. The third-order valence-corrected chi connectivity index (χ3v) is 3.46. The predicted octanol–water partition coefficient (Wildman–Crippen LogP) is 3.02. The molecule has 0 saturated carbocycles. The van der Waals surface area contributed by atoms with E-state index in [4.69, 9.17) is 5.11 Å². The van der Waals surface area contributed by atoms with Gasteiger partial charge in [-0.3, -0.25) is 0 Å². The molecule has 0 aromatic heterocycles. The van der Waals surface area contributed by atoms with E-state index in [1.807, 2.05) is 6.26 Å². The van der Waals surface area contributed by atoms with Crippen LogP contribution in [0.5, 0.6) is 0 Å². The van der Waals surface area contributed by atoms with Crippen LogP contribution in [-0.4, -0.2) is 35.7 Å². The SMILES string of the molecule is CSCCCNC(=O)Nc1ccc(Br)cc1C(=O)O. The van der Waals surface area contributed by atoms with Gasteiger partial charge in [-0.15, -0.1) is 0 Å². The molecule has 0 saturated heterocycles. The number of hydrogen-bond donors (Lipinski definition) is 3. The zero-order chi connectivity index (χ0) is 14.3. The average Bonchev–Trinajstić information content (AvgIpc) is 2.36. The summed E-state index contributed by atoms with van der Waals surface area (Å²) in [6, 6.07) is 4.28. The van der Waals surface area contributed by atoms with Crippen LogP contribution in [0.15, 0.2) is 22.7 Å². The minimum atomic E-state index is -1.08. The van der Waals surface area contributed by atoms with Crippen molar-refractivity contribution < 1.29 is 14.7 Å². The van der Waals surface area contributed by atoms with Gasteiger partial charge in [0.2, 0.25) is 0 Å². The van der Waals surface area contributed by atoms with Gasteiger partial charge in [0.25, 0.3) is 0 Å². The molecule has 1 rings (SSSR count). The van der Waals surface area contributed by atoms with Gasteiger partial charge in [0.15, 0.2) is 0 Å². The van der Waals surface area contributed by atoms with E-state index in [2.05, 4.69) is 26.6 Å². The number of benzene rings is 1. The van der Waals surface area contributed by atoms with Gasteiger partial charge < -0.3 is 15.7 Å². The zero-order valence-corrected chi connectivity index (χ0v) is 12.8. The van der Waals surface area contributed by atoms with Crippen molar-refractivity contribution in [3.05, 3.63) is 28.2 Å². The molecular weight excluding hydrogens is 332 g/mol. The van der Waals surface area contributed by atoms with E-state index in [-0.39, 0.29) is 11.3 Å². The standard InChI is InChI=1S/C12H15BrN2O3S/c1-19-6-2-5-14-12(18)15-10-4-3-8(13)7-9(10)11(16)17/h3-4,7H,2,5-6H2,1H3,(H,16,17)(H2,14,15,18). The van der Waals surface area contributed by atoms with E-state index in [0.717, 1.165) is 12.2 Å². The molecule has 0 atom stereocenters. The Kier molecular flexibility index (Phi) is 6.72. The Hall–Kier alpha value is -1.21. The van der Waals surface area contributed by atoms with Gasteiger partial charge in [-0.2, -0.15) is 11.8 Å². The molecule has 0 aliphatic carbocycles. The van der Waals surface area contributed by atoms with Crippen LogP contribution in [0.4, 0.5) is 10.5 Å². The van der Waals surface area contributed by atoms with E-state index in [9.17, 15) is 9.59 Å². The lowest BCUT2D eigenvalue weighted by molar-refractivity contribution is 0.0698. The maximum Gasteiger partial charge on any atom is 0.337 e. The van der Waals surface area contributed by atoms with Crippen LogP contribution >= 0.6 is 27.7 Å². The third kappa shape index (κ3) is 5.52. The minimum Gasteiger partial charge on any atom is -0.478 e. The van der Waals surface area contributed by atoms with Crippen molar-refractivity contribution >= 4 is 45.4 Å². The topological polar surface area (TPSA) is 78.4 Å². The summed E-state index contributed by atoms with van der Waals surface area (Å²) >= 11 is 4.91. The number of nitrogens with one attached hydrogen (secondary N) is 2. The molecular formula is C12H15BrN2O3S. The van der Waals surface area contributed by atoms with Crippen molar-refractivity contribution in [1.82, 2.24) is 5.32 Å². The Morgan fingerprint density at radius 2 is 2.16 bits per heavy atom. The lowest BCUT2D eigenvalue weighted by Crippen LogP contribution is -2.30. The van der Waals surface area contributed by atoms with E-state index in [0.29, 0.717) is 11.0 Å². The summed E-state index contributed by atoms with van der Waals surface area (Å²) in [5.74, 6) is -0.113. The van der Waals surface area contributed by atoms with Crippen LogP contribution in [0, 0.1) is 0 Å². The first-order valence-electron chi connectivity index (χ1n) is 5.61. The van der Waals surface area contributed by atoms with Crippen LogP contribution < -0.4 is 10.6 Å². The van der Waals surface area contributed by atoms with Crippen molar-refractivity contribution in [2.75, 3.05) is 23.9 Å². The highest BCUT2D eigenvalue weighted by atomic mass is 79.9.